The Morgan fingerprint density at radius 2 is 2.05 bits per heavy atom. The highest BCUT2D eigenvalue weighted by atomic mass is 15.4. The number of nitrogens with one attached hydrogen (secondary N) is 1. The minimum Gasteiger partial charge on any atom is -0.311 e. The molecule has 2 aliphatic rings. The van der Waals surface area contributed by atoms with E-state index < -0.39 is 0 Å². The molecule has 2 fully saturated rings. The molecule has 2 saturated heterocycles. The highest BCUT2D eigenvalue weighted by Crippen LogP contribution is 2.30. The summed E-state index contributed by atoms with van der Waals surface area (Å²) < 4.78 is 2.09. The van der Waals surface area contributed by atoms with Crippen molar-refractivity contribution in [1.29, 1.82) is 0 Å². The van der Waals surface area contributed by atoms with E-state index in [-0.39, 0.29) is 0 Å². The van der Waals surface area contributed by atoms with Gasteiger partial charge in [-0.25, -0.2) is 9.67 Å². The quantitative estimate of drug-likeness (QED) is 0.871. The molecular weight excluding hydrogens is 262 g/mol. The summed E-state index contributed by atoms with van der Waals surface area (Å²) in [7, 11) is 0. The topological polar surface area (TPSA) is 46.0 Å². The summed E-state index contributed by atoms with van der Waals surface area (Å²) in [5.74, 6) is 1.73. The summed E-state index contributed by atoms with van der Waals surface area (Å²) in [6, 6.07) is 2.20. The summed E-state index contributed by atoms with van der Waals surface area (Å²) in [6.45, 7) is 9.73. The van der Waals surface area contributed by atoms with E-state index in [9.17, 15) is 0 Å². The Kier molecular flexibility index (Phi) is 4.60. The van der Waals surface area contributed by atoms with Gasteiger partial charge in [0.15, 0.2) is 0 Å². The van der Waals surface area contributed by atoms with Gasteiger partial charge in [-0.2, -0.15) is 5.10 Å². The third-order valence-corrected chi connectivity index (χ3v) is 4.95. The van der Waals surface area contributed by atoms with Crippen LogP contribution in [0.4, 0.5) is 0 Å². The summed E-state index contributed by atoms with van der Waals surface area (Å²) in [5.41, 5.74) is 0. The van der Waals surface area contributed by atoms with Crippen LogP contribution in [0, 0.1) is 5.92 Å². The first kappa shape index (κ1) is 15.0. The second kappa shape index (κ2) is 6.44. The molecule has 2 aliphatic heterocycles. The second-order valence-electron chi connectivity index (χ2n) is 7.08. The molecule has 5 nitrogen and oxygen atoms in total. The van der Waals surface area contributed by atoms with E-state index in [2.05, 4.69) is 45.8 Å². The molecule has 1 aromatic heterocycles. The van der Waals surface area contributed by atoms with Gasteiger partial charge in [0.25, 0.3) is 0 Å². The van der Waals surface area contributed by atoms with E-state index in [1.807, 2.05) is 0 Å². The van der Waals surface area contributed by atoms with Crippen molar-refractivity contribution in [2.45, 2.75) is 77.7 Å². The van der Waals surface area contributed by atoms with Gasteiger partial charge in [-0.3, -0.25) is 4.90 Å². The van der Waals surface area contributed by atoms with Crippen molar-refractivity contribution in [1.82, 2.24) is 25.0 Å². The van der Waals surface area contributed by atoms with Gasteiger partial charge in [-0.1, -0.05) is 20.8 Å². The average Bonchev–Trinajstić information content (AvgIpc) is 3.02. The van der Waals surface area contributed by atoms with Crippen molar-refractivity contribution in [3.63, 3.8) is 0 Å². The molecule has 0 amide bonds. The largest absolute Gasteiger partial charge is 0.311 e. The predicted molar refractivity (Wildman–Crippen MR) is 83.9 cm³/mol. The van der Waals surface area contributed by atoms with Gasteiger partial charge in [-0.15, -0.1) is 0 Å². The van der Waals surface area contributed by atoms with E-state index in [1.165, 1.54) is 25.7 Å². The van der Waals surface area contributed by atoms with Crippen molar-refractivity contribution in [2.75, 3.05) is 6.54 Å². The Bertz CT molecular complexity index is 443. The maximum atomic E-state index is 4.50. The summed E-state index contributed by atoms with van der Waals surface area (Å²) in [5, 5.41) is 8.13. The van der Waals surface area contributed by atoms with Crippen molar-refractivity contribution in [3.8, 4) is 0 Å². The molecule has 3 rings (SSSR count). The van der Waals surface area contributed by atoms with Crippen LogP contribution in [0.5, 0.6) is 0 Å². The van der Waals surface area contributed by atoms with Crippen LogP contribution in [0.1, 0.15) is 52.3 Å². The maximum Gasteiger partial charge on any atom is 0.141 e. The van der Waals surface area contributed by atoms with Crippen LogP contribution in [0.3, 0.4) is 0 Å². The molecule has 1 N–H and O–H groups in total. The van der Waals surface area contributed by atoms with Crippen LogP contribution in [-0.2, 0) is 13.1 Å². The number of hydrogen-bond donors (Lipinski definition) is 1. The first-order valence-electron chi connectivity index (χ1n) is 8.52. The lowest BCUT2D eigenvalue weighted by atomic mass is 9.98. The van der Waals surface area contributed by atoms with Gasteiger partial charge in [0, 0.05) is 24.7 Å². The van der Waals surface area contributed by atoms with E-state index in [4.69, 9.17) is 0 Å². The number of rotatable bonds is 6. The molecule has 0 aliphatic carbocycles. The van der Waals surface area contributed by atoms with Crippen LogP contribution < -0.4 is 5.32 Å². The lowest BCUT2D eigenvalue weighted by Crippen LogP contribution is -2.48. The van der Waals surface area contributed by atoms with Gasteiger partial charge >= 0.3 is 0 Å². The molecule has 0 spiro atoms. The Balaban J connectivity index is 1.66. The van der Waals surface area contributed by atoms with Gasteiger partial charge in [-0.05, 0) is 38.1 Å². The number of piperidine rings is 1. The van der Waals surface area contributed by atoms with Crippen molar-refractivity contribution in [3.05, 3.63) is 12.2 Å². The molecule has 3 heterocycles. The van der Waals surface area contributed by atoms with E-state index in [0.717, 1.165) is 37.5 Å². The fourth-order valence-electron chi connectivity index (χ4n) is 3.92. The predicted octanol–water partition coefficient (Wildman–Crippen LogP) is 2.04. The van der Waals surface area contributed by atoms with Crippen molar-refractivity contribution >= 4 is 0 Å². The van der Waals surface area contributed by atoms with Crippen molar-refractivity contribution < 1.29 is 0 Å². The van der Waals surface area contributed by atoms with Gasteiger partial charge in [0.2, 0.25) is 0 Å². The van der Waals surface area contributed by atoms with Gasteiger partial charge in [0.05, 0.1) is 6.54 Å². The lowest BCUT2D eigenvalue weighted by Gasteiger charge is -2.37. The minimum absolute atomic E-state index is 0.607. The molecule has 1 aromatic rings. The highest BCUT2D eigenvalue weighted by molar-refractivity contribution is 4.97. The highest BCUT2D eigenvalue weighted by Gasteiger charge is 2.35. The molecule has 0 saturated carbocycles. The van der Waals surface area contributed by atoms with Crippen molar-refractivity contribution in [2.24, 2.45) is 5.92 Å². The molecule has 21 heavy (non-hydrogen) atoms. The third kappa shape index (κ3) is 3.46. The number of aromatic nitrogens is 3. The zero-order chi connectivity index (χ0) is 14.8. The number of hydrogen-bond acceptors (Lipinski definition) is 4. The Labute approximate surface area is 128 Å². The van der Waals surface area contributed by atoms with Crippen LogP contribution in [0.2, 0.25) is 0 Å². The summed E-state index contributed by atoms with van der Waals surface area (Å²) in [6.07, 6.45) is 7.02. The monoisotopic (exact) mass is 291 g/mol. The lowest BCUT2D eigenvalue weighted by molar-refractivity contribution is 0.135. The van der Waals surface area contributed by atoms with Gasteiger partial charge in [0.1, 0.15) is 12.2 Å². The number of nitrogens with zero attached hydrogens (tertiary/aromatic N) is 4. The smallest absolute Gasteiger partial charge is 0.141 e. The maximum absolute atomic E-state index is 4.50. The SMILES string of the molecule is CCN(Cc1ncnn1CC(C)C)C1CC2CCC(C1)N2. The van der Waals surface area contributed by atoms with E-state index in [0.29, 0.717) is 12.0 Å². The van der Waals surface area contributed by atoms with Crippen LogP contribution >= 0.6 is 0 Å². The van der Waals surface area contributed by atoms with Crippen LogP contribution in [0.15, 0.2) is 6.33 Å². The summed E-state index contributed by atoms with van der Waals surface area (Å²) in [4.78, 5) is 7.10. The molecule has 118 valence electrons. The third-order valence-electron chi connectivity index (χ3n) is 4.95. The zero-order valence-corrected chi connectivity index (χ0v) is 13.6. The molecule has 0 aromatic carbocycles. The first-order chi connectivity index (χ1) is 10.2. The first-order valence-corrected chi connectivity index (χ1v) is 8.52. The minimum atomic E-state index is 0.607. The Morgan fingerprint density at radius 3 is 2.67 bits per heavy atom. The second-order valence-corrected chi connectivity index (χ2v) is 7.08. The Hall–Kier alpha value is -0.940. The average molecular weight is 291 g/mol. The molecule has 0 radical (unpaired) electrons. The molecule has 2 unspecified atom stereocenters. The molecule has 2 atom stereocenters. The zero-order valence-electron chi connectivity index (χ0n) is 13.6. The van der Waals surface area contributed by atoms with E-state index in [1.54, 1.807) is 6.33 Å². The molecule has 2 bridgehead atoms. The standard InChI is InChI=1S/C16H29N5/c1-4-20(15-7-13-5-6-14(8-15)19-13)10-16-17-11-18-21(16)9-12(2)3/h11-15,19H,4-10H2,1-3H3. The van der Waals surface area contributed by atoms with Crippen LogP contribution in [-0.4, -0.2) is 44.3 Å². The summed E-state index contributed by atoms with van der Waals surface area (Å²) >= 11 is 0. The fourth-order valence-corrected chi connectivity index (χ4v) is 3.92. The molecular formula is C16H29N5. The van der Waals surface area contributed by atoms with Crippen LogP contribution in [0.25, 0.3) is 0 Å². The Morgan fingerprint density at radius 1 is 1.33 bits per heavy atom. The normalized spacial score (nSPS) is 28.7. The van der Waals surface area contributed by atoms with E-state index >= 15 is 0 Å². The molecule has 5 heteroatoms. The number of fused-ring (bicyclic) bond motifs is 2. The van der Waals surface area contributed by atoms with Gasteiger partial charge < -0.3 is 5.32 Å². The fraction of sp³-hybridized carbons (Fsp3) is 0.875.